The summed E-state index contributed by atoms with van der Waals surface area (Å²) in [5.74, 6) is -1.23. The number of carboxylic acids is 2. The summed E-state index contributed by atoms with van der Waals surface area (Å²) in [7, 11) is 3.29. The normalized spacial score (nSPS) is 15.8. The Hall–Kier alpha value is -7.07. The van der Waals surface area contributed by atoms with Crippen LogP contribution in [0.3, 0.4) is 0 Å². The van der Waals surface area contributed by atoms with E-state index in [1.165, 1.54) is 10.5 Å². The molecule has 86 heavy (non-hydrogen) atoms. The third-order valence-electron chi connectivity index (χ3n) is 13.6. The lowest BCUT2D eigenvalue weighted by Gasteiger charge is -2.30. The van der Waals surface area contributed by atoms with Crippen molar-refractivity contribution in [2.45, 2.75) is 145 Å². The second-order valence-electron chi connectivity index (χ2n) is 23.3. The Bertz CT molecular complexity index is 2550. The quantitative estimate of drug-likeness (QED) is 0.0194. The van der Waals surface area contributed by atoms with Gasteiger partial charge in [0, 0.05) is 63.6 Å². The Morgan fingerprint density at radius 2 is 1.34 bits per heavy atom. The number of imide groups is 1. The zero-order valence-electron chi connectivity index (χ0n) is 52.3. The van der Waals surface area contributed by atoms with Gasteiger partial charge in [0.05, 0.1) is 37.3 Å². The molecule has 3 aromatic rings. The average molecular weight is 1230 g/mol. The van der Waals surface area contributed by atoms with Gasteiger partial charge in [-0.1, -0.05) is 122 Å². The van der Waals surface area contributed by atoms with Crippen molar-refractivity contribution in [3.05, 3.63) is 108 Å². The van der Waals surface area contributed by atoms with Gasteiger partial charge in [0.25, 0.3) is 0 Å². The minimum atomic E-state index is -1.26. The fourth-order valence-electron chi connectivity index (χ4n) is 8.54. The molecule has 0 spiro atoms. The van der Waals surface area contributed by atoms with E-state index in [9.17, 15) is 43.5 Å². The summed E-state index contributed by atoms with van der Waals surface area (Å²) in [6.07, 6.45) is 4.22. The third kappa shape index (κ3) is 32.4. The predicted octanol–water partition coefficient (Wildman–Crippen LogP) is 8.76. The maximum atomic E-state index is 12.9. The highest BCUT2D eigenvalue weighted by atomic mass is 35.5. The maximum Gasteiger partial charge on any atom is 0.416 e. The van der Waals surface area contributed by atoms with Crippen molar-refractivity contribution in [1.82, 2.24) is 15.5 Å². The number of rotatable bonds is 29. The van der Waals surface area contributed by atoms with Crippen LogP contribution in [0.1, 0.15) is 118 Å². The molecule has 0 radical (unpaired) electrons. The highest BCUT2D eigenvalue weighted by molar-refractivity contribution is 6.63. The van der Waals surface area contributed by atoms with E-state index in [4.69, 9.17) is 57.0 Å². The molecule has 0 aromatic heterocycles. The minimum Gasteiger partial charge on any atom is -0.493 e. The van der Waals surface area contributed by atoms with Crippen LogP contribution in [-0.4, -0.2) is 139 Å². The smallest absolute Gasteiger partial charge is 0.416 e. The number of alkyl carbamates (subject to hydrolysis) is 1. The van der Waals surface area contributed by atoms with E-state index < -0.39 is 47.4 Å². The van der Waals surface area contributed by atoms with Crippen LogP contribution >= 0.6 is 11.6 Å². The molecule has 2 fully saturated rings. The monoisotopic (exact) mass is 1230 g/mol. The van der Waals surface area contributed by atoms with Crippen LogP contribution in [0.15, 0.2) is 91.0 Å². The molecule has 0 saturated carbocycles. The lowest BCUT2D eigenvalue weighted by Crippen LogP contribution is -2.46. The number of methoxy groups -OCH3 is 2. The standard InChI is InChI=1S/C30H53N3O6.C15H19NO3.C10H11NO2.C5H9ClO.C4H4O4/c1-19(2)22(14-21-10-11-26(38-8)27(15-21)39-13-9-12-37-7)16-24(31)25(34)17-23(20(3)4)28(35)33-18-30(5,6)29(32)36;1-11(2)8-14(17)16-13(10-19-15(16)18)9-12-6-4-3-5-7-12;12-10-11-9(7-13-10)6-8-4-2-1-3-5-8;1-4(2)3-5(6)7;5-3(6)1-2-4(7)8/h10-11,15,19-20,22-25,34H,9,12-14,16-18,31H2,1-8H3,(H2,32,36)(H,33,35);3-7,11,13H,8-10H2,1-2H3;1-5,9H,6-7H2,(H,11,12);4H,3H2,1-2H3;1-2H,(H,5,6)(H,7,8)/b;;;;2-1+/t22-,23-,24-,25-;13-;9-;;/m000../s1. The molecule has 22 heteroatoms. The number of primary amides is 1. The summed E-state index contributed by atoms with van der Waals surface area (Å²) >= 11 is 5.03. The number of benzene rings is 3. The molecule has 0 aliphatic carbocycles. The van der Waals surface area contributed by atoms with E-state index in [0.29, 0.717) is 81.0 Å². The summed E-state index contributed by atoms with van der Waals surface area (Å²) < 4.78 is 26.3. The molecule has 21 nitrogen and oxygen atoms in total. The maximum absolute atomic E-state index is 12.9. The lowest BCUT2D eigenvalue weighted by molar-refractivity contribution is -0.134. The SMILES string of the molecule is CC(C)CC(=O)Cl.CC(C)CC(=O)N1C(=O)OC[C@@H]1Cc1ccccc1.COCCCOc1cc(C[C@@H](C[C@H](N)[C@@H](O)C[C@H](C(=O)NCC(C)(C)C(N)=O)C(C)C)C(C)C)ccc1OC.O=C(O)/C=C/C(=O)O.O=C1N[C@@H](Cc2ccccc2)CO1. The van der Waals surface area contributed by atoms with Gasteiger partial charge in [-0.2, -0.15) is 0 Å². The largest absolute Gasteiger partial charge is 0.493 e. The molecule has 5 amide bonds. The molecule has 5 rings (SSSR count). The van der Waals surface area contributed by atoms with Crippen LogP contribution in [0, 0.1) is 40.9 Å². The van der Waals surface area contributed by atoms with Crippen molar-refractivity contribution in [3.8, 4) is 11.5 Å². The van der Waals surface area contributed by atoms with Gasteiger partial charge < -0.3 is 61.1 Å². The van der Waals surface area contributed by atoms with Crippen molar-refractivity contribution in [3.63, 3.8) is 0 Å². The molecular formula is C64H96ClN5O16. The summed E-state index contributed by atoms with van der Waals surface area (Å²) in [6.45, 7) is 21.5. The van der Waals surface area contributed by atoms with Crippen LogP contribution in [0.5, 0.6) is 11.5 Å². The first-order valence-corrected chi connectivity index (χ1v) is 29.4. The van der Waals surface area contributed by atoms with Gasteiger partial charge in [-0.3, -0.25) is 19.2 Å². The zero-order chi connectivity index (χ0) is 65.1. The Labute approximate surface area is 513 Å². The molecule has 3 aromatic carbocycles. The minimum absolute atomic E-state index is 0.00829. The first-order chi connectivity index (χ1) is 40.4. The number of aliphatic carboxylic acids is 2. The molecular weight excluding hydrogens is 1130 g/mol. The Morgan fingerprint density at radius 1 is 0.767 bits per heavy atom. The number of carbonyl (C=O) groups is 8. The number of nitrogens with zero attached hydrogens (tertiary/aromatic N) is 1. The number of halogens is 1. The summed E-state index contributed by atoms with van der Waals surface area (Å²) in [6, 6.07) is 25.3. The topological polar surface area (TPSA) is 323 Å². The summed E-state index contributed by atoms with van der Waals surface area (Å²) in [4.78, 5) is 89.4. The Morgan fingerprint density at radius 3 is 1.79 bits per heavy atom. The number of hydrogen-bond acceptors (Lipinski definition) is 15. The van der Waals surface area contributed by atoms with Crippen LogP contribution in [-0.2, 0) is 62.2 Å². The number of ether oxygens (including phenoxy) is 5. The van der Waals surface area contributed by atoms with Crippen molar-refractivity contribution in [1.29, 1.82) is 0 Å². The van der Waals surface area contributed by atoms with E-state index in [0.717, 1.165) is 30.4 Å². The number of carboxylic acid groups (broad SMARTS) is 2. The molecule has 6 atom stereocenters. The first kappa shape index (κ1) is 76.9. The van der Waals surface area contributed by atoms with Gasteiger partial charge in [-0.25, -0.2) is 24.1 Å². The van der Waals surface area contributed by atoms with Gasteiger partial charge in [0.2, 0.25) is 23.0 Å². The predicted molar refractivity (Wildman–Crippen MR) is 329 cm³/mol. The fourth-order valence-corrected chi connectivity index (χ4v) is 8.85. The highest BCUT2D eigenvalue weighted by Gasteiger charge is 2.38. The first-order valence-electron chi connectivity index (χ1n) is 29.0. The lowest BCUT2D eigenvalue weighted by atomic mass is 9.80. The molecule has 0 bridgehead atoms. The number of aliphatic hydroxyl groups excluding tert-OH is 1. The molecule has 2 heterocycles. The number of nitrogens with two attached hydrogens (primary N) is 2. The average Bonchev–Trinajstić information content (AvgIpc) is 2.91. The van der Waals surface area contributed by atoms with E-state index in [1.807, 2.05) is 120 Å². The van der Waals surface area contributed by atoms with Gasteiger partial charge in [0.15, 0.2) is 11.5 Å². The van der Waals surface area contributed by atoms with E-state index >= 15 is 0 Å². The number of hydrogen-bond donors (Lipinski definition) is 7. The number of cyclic esters (lactones) is 2. The Kier molecular flexibility index (Phi) is 36.8. The van der Waals surface area contributed by atoms with Gasteiger partial charge >= 0.3 is 24.1 Å². The molecule has 2 aliphatic heterocycles. The molecule has 0 unspecified atom stereocenters. The van der Waals surface area contributed by atoms with Crippen molar-refractivity contribution < 1.29 is 77.4 Å². The molecule has 9 N–H and O–H groups in total. The molecule has 480 valence electrons. The van der Waals surface area contributed by atoms with E-state index in [-0.39, 0.29) is 72.6 Å². The van der Waals surface area contributed by atoms with Crippen LogP contribution in [0.2, 0.25) is 0 Å². The van der Waals surface area contributed by atoms with Crippen LogP contribution < -0.4 is 31.6 Å². The number of aliphatic hydroxyl groups is 1. The summed E-state index contributed by atoms with van der Waals surface area (Å²) in [5, 5.41) is 32.0. The van der Waals surface area contributed by atoms with Crippen LogP contribution in [0.4, 0.5) is 9.59 Å². The van der Waals surface area contributed by atoms with Crippen molar-refractivity contribution >= 4 is 58.7 Å². The fraction of sp³-hybridized carbons (Fsp3) is 0.562. The second kappa shape index (κ2) is 41.1. The number of nitrogens with one attached hydrogen (secondary N) is 2. The van der Waals surface area contributed by atoms with E-state index in [2.05, 4.69) is 24.5 Å². The third-order valence-corrected chi connectivity index (χ3v) is 13.8. The Balaban J connectivity index is 0.000000639. The summed E-state index contributed by atoms with van der Waals surface area (Å²) in [5.41, 5.74) is 14.5. The van der Waals surface area contributed by atoms with Crippen molar-refractivity contribution in [2.24, 2.45) is 52.4 Å². The van der Waals surface area contributed by atoms with Crippen LogP contribution in [0.25, 0.3) is 0 Å². The van der Waals surface area contributed by atoms with Gasteiger partial charge in [-0.05, 0) is 116 Å². The number of carbonyl (C=O) groups excluding carboxylic acids is 6. The molecule has 2 saturated heterocycles. The zero-order valence-corrected chi connectivity index (χ0v) is 53.0. The van der Waals surface area contributed by atoms with E-state index in [1.54, 1.807) is 28.1 Å². The number of amides is 5. The van der Waals surface area contributed by atoms with Gasteiger partial charge in [-0.15, -0.1) is 0 Å². The second-order valence-corrected chi connectivity index (χ2v) is 23.7. The van der Waals surface area contributed by atoms with Crippen molar-refractivity contribution in [2.75, 3.05) is 47.2 Å². The van der Waals surface area contributed by atoms with Gasteiger partial charge in [0.1, 0.15) is 13.2 Å². The highest BCUT2D eigenvalue weighted by Crippen LogP contribution is 2.32. The molecule has 2 aliphatic rings.